The van der Waals surface area contributed by atoms with Crippen LogP contribution in [0.5, 0.6) is 5.75 Å². The van der Waals surface area contributed by atoms with Gasteiger partial charge in [-0.25, -0.2) is 4.79 Å². The fourth-order valence-corrected chi connectivity index (χ4v) is 1.65. The maximum Gasteiger partial charge on any atom is 0.341 e. The van der Waals surface area contributed by atoms with E-state index in [1.165, 1.54) is 14.2 Å². The molecule has 0 aliphatic carbocycles. The Balaban J connectivity index is 2.27. The lowest BCUT2D eigenvalue weighted by molar-refractivity contribution is 0.0597. The van der Waals surface area contributed by atoms with E-state index in [1.807, 2.05) is 12.1 Å². The van der Waals surface area contributed by atoms with Gasteiger partial charge >= 0.3 is 5.97 Å². The lowest BCUT2D eigenvalue weighted by Gasteiger charge is -2.10. The normalized spacial score (nSPS) is 9.79. The maximum atomic E-state index is 11.5. The highest BCUT2D eigenvalue weighted by molar-refractivity contribution is 5.93. The summed E-state index contributed by atoms with van der Waals surface area (Å²) in [7, 11) is 2.85. The molecule has 0 atom stereocenters. The summed E-state index contributed by atoms with van der Waals surface area (Å²) < 4.78 is 9.88. The molecular formula is C14H14N2O3. The summed E-state index contributed by atoms with van der Waals surface area (Å²) in [5, 5.41) is 3.19. The van der Waals surface area contributed by atoms with E-state index < -0.39 is 5.97 Å². The number of esters is 1. The van der Waals surface area contributed by atoms with Crippen molar-refractivity contribution in [3.05, 3.63) is 48.3 Å². The molecule has 1 N–H and O–H groups in total. The Morgan fingerprint density at radius 1 is 1.11 bits per heavy atom. The summed E-state index contributed by atoms with van der Waals surface area (Å²) in [4.78, 5) is 15.5. The molecule has 0 fully saturated rings. The molecule has 0 unspecified atom stereocenters. The number of pyridine rings is 1. The van der Waals surface area contributed by atoms with Crippen LogP contribution in [0.25, 0.3) is 0 Å². The van der Waals surface area contributed by atoms with Crippen LogP contribution in [0.3, 0.4) is 0 Å². The second-order valence-electron chi connectivity index (χ2n) is 3.77. The van der Waals surface area contributed by atoms with Gasteiger partial charge in [0.2, 0.25) is 0 Å². The first-order chi connectivity index (χ1) is 9.24. The highest BCUT2D eigenvalue weighted by Gasteiger charge is 2.12. The topological polar surface area (TPSA) is 60.5 Å². The van der Waals surface area contributed by atoms with Gasteiger partial charge in [0.25, 0.3) is 0 Å². The third-order valence-electron chi connectivity index (χ3n) is 2.58. The summed E-state index contributed by atoms with van der Waals surface area (Å²) in [6, 6.07) is 8.89. The van der Waals surface area contributed by atoms with Crippen LogP contribution in [0.1, 0.15) is 10.4 Å². The molecule has 0 radical (unpaired) electrons. The van der Waals surface area contributed by atoms with Crippen molar-refractivity contribution in [3.63, 3.8) is 0 Å². The third kappa shape index (κ3) is 3.01. The highest BCUT2D eigenvalue weighted by Crippen LogP contribution is 2.25. The van der Waals surface area contributed by atoms with E-state index in [4.69, 9.17) is 4.74 Å². The molecule has 0 saturated heterocycles. The first kappa shape index (κ1) is 12.9. The first-order valence-electron chi connectivity index (χ1n) is 5.68. The molecule has 2 rings (SSSR count). The molecule has 0 spiro atoms. The van der Waals surface area contributed by atoms with Crippen LogP contribution in [-0.2, 0) is 4.74 Å². The summed E-state index contributed by atoms with van der Waals surface area (Å²) in [6.45, 7) is 0. The van der Waals surface area contributed by atoms with Crippen LogP contribution in [-0.4, -0.2) is 25.2 Å². The zero-order valence-corrected chi connectivity index (χ0v) is 10.7. The van der Waals surface area contributed by atoms with E-state index in [2.05, 4.69) is 15.0 Å². The summed E-state index contributed by atoms with van der Waals surface area (Å²) in [6.07, 6.45) is 3.39. The molecule has 2 aromatic rings. The maximum absolute atomic E-state index is 11.5. The largest absolute Gasteiger partial charge is 0.496 e. The van der Waals surface area contributed by atoms with Gasteiger partial charge in [0, 0.05) is 29.8 Å². The lowest BCUT2D eigenvalue weighted by Crippen LogP contribution is -2.04. The van der Waals surface area contributed by atoms with Crippen LogP contribution in [0.4, 0.5) is 11.4 Å². The summed E-state index contributed by atoms with van der Waals surface area (Å²) in [5.74, 6) is 0.0400. The molecule has 0 aliphatic rings. The number of rotatable bonds is 4. The molecule has 19 heavy (non-hydrogen) atoms. The van der Waals surface area contributed by atoms with Gasteiger partial charge in [-0.3, -0.25) is 4.98 Å². The predicted molar refractivity (Wildman–Crippen MR) is 71.9 cm³/mol. The van der Waals surface area contributed by atoms with Crippen molar-refractivity contribution in [1.82, 2.24) is 4.98 Å². The van der Waals surface area contributed by atoms with Crippen molar-refractivity contribution in [2.75, 3.05) is 19.5 Å². The molecule has 1 heterocycles. The quantitative estimate of drug-likeness (QED) is 0.854. The second-order valence-corrected chi connectivity index (χ2v) is 3.77. The minimum absolute atomic E-state index is 0.394. The monoisotopic (exact) mass is 258 g/mol. The van der Waals surface area contributed by atoms with Crippen LogP contribution < -0.4 is 10.1 Å². The van der Waals surface area contributed by atoms with Gasteiger partial charge in [0.05, 0.1) is 14.2 Å². The van der Waals surface area contributed by atoms with Gasteiger partial charge in [0.15, 0.2) is 0 Å². The summed E-state index contributed by atoms with van der Waals surface area (Å²) in [5.41, 5.74) is 2.11. The number of benzene rings is 1. The number of hydrogen-bond acceptors (Lipinski definition) is 5. The Bertz CT molecular complexity index is 570. The standard InChI is InChI=1S/C14H14N2O3/c1-18-13-9-11(3-4-12(13)14(17)19-2)16-10-5-7-15-8-6-10/h3-9H,1-2H3,(H,15,16). The predicted octanol–water partition coefficient (Wildman–Crippen LogP) is 2.62. The number of methoxy groups -OCH3 is 2. The van der Waals surface area contributed by atoms with E-state index in [0.717, 1.165) is 11.4 Å². The average Bonchev–Trinajstić information content (AvgIpc) is 2.47. The molecule has 5 nitrogen and oxygen atoms in total. The number of hydrogen-bond donors (Lipinski definition) is 1. The number of carbonyl (C=O) groups excluding carboxylic acids is 1. The Hall–Kier alpha value is -2.56. The SMILES string of the molecule is COC(=O)c1ccc(Nc2ccncc2)cc1OC. The van der Waals surface area contributed by atoms with E-state index >= 15 is 0 Å². The molecule has 5 heteroatoms. The van der Waals surface area contributed by atoms with Crippen molar-refractivity contribution in [2.24, 2.45) is 0 Å². The van der Waals surface area contributed by atoms with Crippen molar-refractivity contribution < 1.29 is 14.3 Å². The van der Waals surface area contributed by atoms with Gasteiger partial charge in [-0.05, 0) is 24.3 Å². The minimum Gasteiger partial charge on any atom is -0.496 e. The zero-order valence-electron chi connectivity index (χ0n) is 10.7. The Kier molecular flexibility index (Phi) is 3.97. The van der Waals surface area contributed by atoms with Gasteiger partial charge in [0.1, 0.15) is 11.3 Å². The van der Waals surface area contributed by atoms with Crippen LogP contribution in [0, 0.1) is 0 Å². The van der Waals surface area contributed by atoms with E-state index in [9.17, 15) is 4.79 Å². The van der Waals surface area contributed by atoms with E-state index in [1.54, 1.807) is 30.6 Å². The first-order valence-corrected chi connectivity index (χ1v) is 5.68. The zero-order chi connectivity index (χ0) is 13.7. The summed E-state index contributed by atoms with van der Waals surface area (Å²) >= 11 is 0. The average molecular weight is 258 g/mol. The molecule has 1 aromatic heterocycles. The number of nitrogens with zero attached hydrogens (tertiary/aromatic N) is 1. The molecule has 0 aliphatic heterocycles. The van der Waals surface area contributed by atoms with Crippen LogP contribution >= 0.6 is 0 Å². The van der Waals surface area contributed by atoms with Crippen LogP contribution in [0.15, 0.2) is 42.7 Å². The van der Waals surface area contributed by atoms with E-state index in [-0.39, 0.29) is 0 Å². The molecule has 1 aromatic carbocycles. The van der Waals surface area contributed by atoms with E-state index in [0.29, 0.717) is 11.3 Å². The minimum atomic E-state index is -0.424. The van der Waals surface area contributed by atoms with Crippen LogP contribution in [0.2, 0.25) is 0 Å². The van der Waals surface area contributed by atoms with Gasteiger partial charge in [-0.2, -0.15) is 0 Å². The number of nitrogens with one attached hydrogen (secondary N) is 1. The molecule has 0 bridgehead atoms. The Morgan fingerprint density at radius 3 is 2.47 bits per heavy atom. The second kappa shape index (κ2) is 5.86. The molecule has 0 amide bonds. The number of anilines is 2. The lowest BCUT2D eigenvalue weighted by atomic mass is 10.1. The highest BCUT2D eigenvalue weighted by atomic mass is 16.5. The fraction of sp³-hybridized carbons (Fsp3) is 0.143. The number of aromatic nitrogens is 1. The number of carbonyl (C=O) groups is 1. The van der Waals surface area contributed by atoms with Crippen molar-refractivity contribution in [2.45, 2.75) is 0 Å². The smallest absolute Gasteiger partial charge is 0.341 e. The molecule has 0 saturated carbocycles. The Morgan fingerprint density at radius 2 is 1.84 bits per heavy atom. The van der Waals surface area contributed by atoms with Crippen molar-refractivity contribution in [1.29, 1.82) is 0 Å². The van der Waals surface area contributed by atoms with Gasteiger partial charge in [-0.15, -0.1) is 0 Å². The van der Waals surface area contributed by atoms with Crippen molar-refractivity contribution in [3.8, 4) is 5.75 Å². The number of ether oxygens (including phenoxy) is 2. The Labute approximate surface area is 111 Å². The van der Waals surface area contributed by atoms with Gasteiger partial charge in [-0.1, -0.05) is 0 Å². The van der Waals surface area contributed by atoms with Crippen molar-refractivity contribution >= 4 is 17.3 Å². The molecular weight excluding hydrogens is 244 g/mol. The van der Waals surface area contributed by atoms with Gasteiger partial charge < -0.3 is 14.8 Å². The fourth-order valence-electron chi connectivity index (χ4n) is 1.65. The third-order valence-corrected chi connectivity index (χ3v) is 2.58. The molecule has 98 valence electrons.